The number of anilines is 1. The molecular weight excluding hydrogens is 420 g/mol. The Balaban J connectivity index is 1.74. The molecule has 0 amide bonds. The monoisotopic (exact) mass is 438 g/mol. The molecular formula is C19H18F4N6O2. The van der Waals surface area contributed by atoms with Gasteiger partial charge in [-0.15, -0.1) is 5.10 Å². The molecule has 2 aromatic heterocycles. The van der Waals surface area contributed by atoms with Crippen LogP contribution in [0.5, 0.6) is 0 Å². The van der Waals surface area contributed by atoms with Gasteiger partial charge in [-0.25, -0.2) is 13.5 Å². The summed E-state index contributed by atoms with van der Waals surface area (Å²) in [7, 11) is 0. The van der Waals surface area contributed by atoms with Crippen LogP contribution in [-0.2, 0) is 22.8 Å². The van der Waals surface area contributed by atoms with E-state index in [1.807, 2.05) is 4.90 Å². The maximum absolute atomic E-state index is 15.6. The van der Waals surface area contributed by atoms with Gasteiger partial charge in [0.05, 0.1) is 31.6 Å². The smallest absolute Gasteiger partial charge is 0.323 e. The molecule has 1 unspecified atom stereocenters. The second kappa shape index (κ2) is 8.19. The van der Waals surface area contributed by atoms with Crippen molar-refractivity contribution >= 4 is 5.69 Å². The summed E-state index contributed by atoms with van der Waals surface area (Å²) in [5.41, 5.74) is -4.15. The number of morpholine rings is 1. The molecule has 3 heterocycles. The minimum atomic E-state index is -4.08. The summed E-state index contributed by atoms with van der Waals surface area (Å²) in [6, 6.07) is 4.49. The lowest BCUT2D eigenvalue weighted by Crippen LogP contribution is -2.48. The number of aliphatic hydroxyl groups is 1. The molecule has 1 atom stereocenters. The van der Waals surface area contributed by atoms with Gasteiger partial charge in [-0.05, 0) is 34.7 Å². The quantitative estimate of drug-likeness (QED) is 0.588. The van der Waals surface area contributed by atoms with Crippen molar-refractivity contribution in [2.24, 2.45) is 0 Å². The summed E-state index contributed by atoms with van der Waals surface area (Å²) in [5.74, 6) is -6.39. The predicted octanol–water partition coefficient (Wildman–Crippen LogP) is 1.86. The highest BCUT2D eigenvalue weighted by atomic mass is 19.3. The van der Waals surface area contributed by atoms with Crippen LogP contribution in [0.2, 0.25) is 0 Å². The minimum Gasteiger partial charge on any atom is -0.378 e. The fourth-order valence-electron chi connectivity index (χ4n) is 3.46. The Hall–Kier alpha value is -3.12. The summed E-state index contributed by atoms with van der Waals surface area (Å²) < 4.78 is 65.3. The number of halogens is 4. The van der Waals surface area contributed by atoms with E-state index in [0.717, 1.165) is 29.2 Å². The molecule has 3 aromatic rings. The van der Waals surface area contributed by atoms with E-state index < -0.39 is 41.0 Å². The summed E-state index contributed by atoms with van der Waals surface area (Å²) in [6.07, 6.45) is 2.25. The molecule has 0 aliphatic carbocycles. The third-order valence-electron chi connectivity index (χ3n) is 5.12. The second-order valence-corrected chi connectivity index (χ2v) is 7.07. The number of benzene rings is 1. The molecule has 164 valence electrons. The minimum absolute atomic E-state index is 0.422. The van der Waals surface area contributed by atoms with Gasteiger partial charge in [0.2, 0.25) is 0 Å². The number of nitrogens with zero attached hydrogens (tertiary/aromatic N) is 6. The average molecular weight is 438 g/mol. The lowest BCUT2D eigenvalue weighted by molar-refractivity contribution is -0.207. The molecule has 1 saturated heterocycles. The fourth-order valence-corrected chi connectivity index (χ4v) is 3.46. The number of pyridine rings is 1. The first-order chi connectivity index (χ1) is 14.8. The molecule has 8 nitrogen and oxygen atoms in total. The van der Waals surface area contributed by atoms with Gasteiger partial charge < -0.3 is 14.7 Å². The normalized spacial score (nSPS) is 16.9. The molecule has 1 fully saturated rings. The van der Waals surface area contributed by atoms with Crippen molar-refractivity contribution in [3.8, 4) is 0 Å². The first kappa shape index (κ1) is 21.1. The average Bonchev–Trinajstić information content (AvgIpc) is 3.27. The zero-order valence-electron chi connectivity index (χ0n) is 16.1. The zero-order chi connectivity index (χ0) is 22.1. The standard InChI is InChI=1S/C19H18F4N6O2/c20-13-1-3-15(16(21)9-13)18(30,11-29-12-25-26-27-29)19(22,23)17-4-2-14(10-24-17)28-5-7-31-8-6-28/h1-4,9-10,12,30H,5-8,11H2. The molecule has 0 spiro atoms. The number of hydrogen-bond acceptors (Lipinski definition) is 7. The number of tetrazole rings is 1. The number of hydrogen-bond donors (Lipinski definition) is 1. The number of rotatable bonds is 6. The maximum Gasteiger partial charge on any atom is 0.323 e. The topological polar surface area (TPSA) is 89.2 Å². The first-order valence-corrected chi connectivity index (χ1v) is 9.37. The van der Waals surface area contributed by atoms with Gasteiger partial charge in [-0.1, -0.05) is 0 Å². The molecule has 1 aliphatic rings. The van der Waals surface area contributed by atoms with Gasteiger partial charge >= 0.3 is 5.92 Å². The van der Waals surface area contributed by atoms with E-state index in [1.165, 1.54) is 12.3 Å². The second-order valence-electron chi connectivity index (χ2n) is 7.07. The van der Waals surface area contributed by atoms with Crippen LogP contribution in [-0.4, -0.2) is 56.6 Å². The number of alkyl halides is 2. The van der Waals surface area contributed by atoms with Crippen molar-refractivity contribution in [3.05, 3.63) is 65.7 Å². The highest BCUT2D eigenvalue weighted by molar-refractivity contribution is 5.45. The Morgan fingerprint density at radius 1 is 1.10 bits per heavy atom. The van der Waals surface area contributed by atoms with Crippen LogP contribution in [0, 0.1) is 11.6 Å². The first-order valence-electron chi connectivity index (χ1n) is 9.37. The van der Waals surface area contributed by atoms with Gasteiger partial charge in [-0.3, -0.25) is 4.98 Å². The molecule has 1 aliphatic heterocycles. The Kier molecular flexibility index (Phi) is 5.58. The van der Waals surface area contributed by atoms with E-state index in [4.69, 9.17) is 4.74 Å². The number of aromatic nitrogens is 5. The Bertz CT molecular complexity index is 1030. The SMILES string of the molecule is OC(Cn1cnnn1)(c1ccc(F)cc1F)C(F)(F)c1ccc(N2CCOCC2)cn1. The van der Waals surface area contributed by atoms with Crippen molar-refractivity contribution in [3.63, 3.8) is 0 Å². The predicted molar refractivity (Wildman–Crippen MR) is 99.2 cm³/mol. The van der Waals surface area contributed by atoms with E-state index in [9.17, 15) is 13.9 Å². The van der Waals surface area contributed by atoms with Crippen molar-refractivity contribution < 1.29 is 27.4 Å². The van der Waals surface area contributed by atoms with Gasteiger partial charge in [0.25, 0.3) is 0 Å². The van der Waals surface area contributed by atoms with Crippen molar-refractivity contribution in [1.29, 1.82) is 0 Å². The molecule has 0 saturated carbocycles. The third-order valence-corrected chi connectivity index (χ3v) is 5.12. The Labute approximate surface area is 174 Å². The van der Waals surface area contributed by atoms with Gasteiger partial charge in [-0.2, -0.15) is 8.78 Å². The van der Waals surface area contributed by atoms with Crippen LogP contribution >= 0.6 is 0 Å². The van der Waals surface area contributed by atoms with Crippen molar-refractivity contribution in [2.75, 3.05) is 31.2 Å². The van der Waals surface area contributed by atoms with Crippen LogP contribution in [0.15, 0.2) is 42.9 Å². The molecule has 4 rings (SSSR count). The van der Waals surface area contributed by atoms with Gasteiger partial charge in [0.1, 0.15) is 23.7 Å². The van der Waals surface area contributed by atoms with Crippen LogP contribution in [0.3, 0.4) is 0 Å². The van der Waals surface area contributed by atoms with E-state index in [0.29, 0.717) is 38.1 Å². The van der Waals surface area contributed by atoms with Crippen LogP contribution in [0.25, 0.3) is 0 Å². The van der Waals surface area contributed by atoms with E-state index in [-0.39, 0.29) is 0 Å². The summed E-state index contributed by atoms with van der Waals surface area (Å²) in [5, 5.41) is 21.3. The lowest BCUT2D eigenvalue weighted by Gasteiger charge is -2.36. The maximum atomic E-state index is 15.6. The molecule has 1 N–H and O–H groups in total. The zero-order valence-corrected chi connectivity index (χ0v) is 16.1. The summed E-state index contributed by atoms with van der Waals surface area (Å²) in [4.78, 5) is 5.77. The van der Waals surface area contributed by atoms with Gasteiger partial charge in [0, 0.05) is 24.7 Å². The van der Waals surface area contributed by atoms with Crippen LogP contribution in [0.1, 0.15) is 11.3 Å². The Morgan fingerprint density at radius 3 is 2.48 bits per heavy atom. The van der Waals surface area contributed by atoms with E-state index >= 15 is 8.78 Å². The van der Waals surface area contributed by atoms with Crippen LogP contribution in [0.4, 0.5) is 23.2 Å². The van der Waals surface area contributed by atoms with Gasteiger partial charge in [0.15, 0.2) is 5.60 Å². The number of ether oxygens (including phenoxy) is 1. The summed E-state index contributed by atoms with van der Waals surface area (Å²) >= 11 is 0. The highest BCUT2D eigenvalue weighted by Gasteiger charge is 2.58. The molecule has 31 heavy (non-hydrogen) atoms. The molecule has 0 bridgehead atoms. The Morgan fingerprint density at radius 2 is 1.87 bits per heavy atom. The molecule has 1 aromatic carbocycles. The molecule has 0 radical (unpaired) electrons. The fraction of sp³-hybridized carbons (Fsp3) is 0.368. The lowest BCUT2D eigenvalue weighted by atomic mass is 9.84. The largest absolute Gasteiger partial charge is 0.378 e. The van der Waals surface area contributed by atoms with Crippen LogP contribution < -0.4 is 4.90 Å². The third kappa shape index (κ3) is 3.95. The van der Waals surface area contributed by atoms with Crippen molar-refractivity contribution in [2.45, 2.75) is 18.1 Å². The highest BCUT2D eigenvalue weighted by Crippen LogP contribution is 2.46. The van der Waals surface area contributed by atoms with E-state index in [2.05, 4.69) is 20.5 Å². The summed E-state index contributed by atoms with van der Waals surface area (Å²) in [6.45, 7) is 1.28. The van der Waals surface area contributed by atoms with E-state index in [1.54, 1.807) is 0 Å². The van der Waals surface area contributed by atoms with Crippen molar-refractivity contribution in [1.82, 2.24) is 25.2 Å². The molecule has 12 heteroatoms.